The van der Waals surface area contributed by atoms with E-state index in [1.807, 2.05) is 36.7 Å². The molecule has 2 heterocycles. The Morgan fingerprint density at radius 1 is 1.10 bits per heavy atom. The zero-order valence-corrected chi connectivity index (χ0v) is 26.0. The maximum Gasteiger partial charge on any atom is 0.340 e. The Labute approximate surface area is 245 Å². The summed E-state index contributed by atoms with van der Waals surface area (Å²) in [6.45, 7) is 18.2. The number of imidazole rings is 1. The highest BCUT2D eigenvalue weighted by molar-refractivity contribution is 6.02. The van der Waals surface area contributed by atoms with Gasteiger partial charge in [0.25, 0.3) is 0 Å². The van der Waals surface area contributed by atoms with Crippen molar-refractivity contribution in [2.45, 2.75) is 66.7 Å². The molecule has 5 nitrogen and oxygen atoms in total. The summed E-state index contributed by atoms with van der Waals surface area (Å²) in [5.41, 5.74) is 7.40. The number of hydrogen-bond acceptors (Lipinski definition) is 4. The molecule has 3 aromatic carbocycles. The van der Waals surface area contributed by atoms with Crippen LogP contribution in [0.3, 0.4) is 0 Å². The average Bonchev–Trinajstić information content (AvgIpc) is 3.38. The molecule has 216 valence electrons. The molecule has 2 atom stereocenters. The Morgan fingerprint density at radius 2 is 1.83 bits per heavy atom. The van der Waals surface area contributed by atoms with Crippen LogP contribution in [0, 0.1) is 17.3 Å². The number of carbonyl (C=O) groups excluding carboxylic acids is 1. The standard InChI is InChI=1S/C36H45N3O2/c1-9-24(2)28-19-20-38(22-36(28,6)7)26-15-18-30-31(21-26)39(23-37-30)33-29(35(3,4)5)17-16-27(32(33)34(40)41-8)25-13-11-10-12-14-25/h10-18,21,23-24,28H,9,19-20,22H2,1-8H3. The predicted octanol–water partition coefficient (Wildman–Crippen LogP) is 8.68. The third-order valence-corrected chi connectivity index (χ3v) is 9.24. The molecule has 0 radical (unpaired) electrons. The van der Waals surface area contributed by atoms with Crippen LogP contribution in [0.4, 0.5) is 5.69 Å². The SMILES string of the molecule is CCC(C)C1CCN(c2ccc3ncn(-c4c(C(C)(C)C)ccc(-c5ccccc5)c4C(=O)OC)c3c2)CC1(C)C. The molecule has 5 rings (SSSR count). The lowest BCUT2D eigenvalue weighted by Gasteiger charge is -2.47. The van der Waals surface area contributed by atoms with Gasteiger partial charge in [-0.3, -0.25) is 4.57 Å². The number of hydrogen-bond donors (Lipinski definition) is 0. The van der Waals surface area contributed by atoms with E-state index >= 15 is 0 Å². The summed E-state index contributed by atoms with van der Waals surface area (Å²) >= 11 is 0. The quantitative estimate of drug-likeness (QED) is 0.225. The number of aromatic nitrogens is 2. The Bertz CT molecular complexity index is 1540. The van der Waals surface area contributed by atoms with Gasteiger partial charge in [-0.05, 0) is 64.0 Å². The van der Waals surface area contributed by atoms with Crippen molar-refractivity contribution in [1.29, 1.82) is 0 Å². The van der Waals surface area contributed by atoms with Crippen LogP contribution in [0.25, 0.3) is 27.8 Å². The third kappa shape index (κ3) is 5.39. The molecule has 4 aromatic rings. The second kappa shape index (κ2) is 11.0. The molecule has 0 aliphatic carbocycles. The normalized spacial score (nSPS) is 18.0. The number of anilines is 1. The topological polar surface area (TPSA) is 47.4 Å². The number of benzene rings is 3. The van der Waals surface area contributed by atoms with Crippen molar-refractivity contribution in [2.75, 3.05) is 25.1 Å². The number of nitrogens with zero attached hydrogens (tertiary/aromatic N) is 3. The zero-order valence-electron chi connectivity index (χ0n) is 26.0. The van der Waals surface area contributed by atoms with Gasteiger partial charge < -0.3 is 9.64 Å². The van der Waals surface area contributed by atoms with Gasteiger partial charge in [0.15, 0.2) is 0 Å². The predicted molar refractivity (Wildman–Crippen MR) is 170 cm³/mol. The minimum absolute atomic E-state index is 0.219. The molecular weight excluding hydrogens is 506 g/mol. The lowest BCUT2D eigenvalue weighted by molar-refractivity contribution is 0.0601. The Balaban J connectivity index is 1.69. The maximum absolute atomic E-state index is 13.6. The molecule has 0 saturated carbocycles. The summed E-state index contributed by atoms with van der Waals surface area (Å²) in [6.07, 6.45) is 4.28. The van der Waals surface area contributed by atoms with E-state index in [-0.39, 0.29) is 16.8 Å². The maximum atomic E-state index is 13.6. The van der Waals surface area contributed by atoms with Crippen LogP contribution in [0.1, 0.15) is 77.2 Å². The van der Waals surface area contributed by atoms with Crippen molar-refractivity contribution in [3.8, 4) is 16.8 Å². The summed E-state index contributed by atoms with van der Waals surface area (Å²) in [6, 6.07) is 20.8. The summed E-state index contributed by atoms with van der Waals surface area (Å²) in [4.78, 5) is 20.9. The molecule has 1 saturated heterocycles. The molecule has 0 N–H and O–H groups in total. The van der Waals surface area contributed by atoms with Crippen molar-refractivity contribution < 1.29 is 9.53 Å². The highest BCUT2D eigenvalue weighted by atomic mass is 16.5. The number of rotatable bonds is 6. The van der Waals surface area contributed by atoms with Crippen LogP contribution < -0.4 is 4.90 Å². The fraction of sp³-hybridized carbons (Fsp3) is 0.444. The second-order valence-corrected chi connectivity index (χ2v) is 13.5. The molecule has 0 spiro atoms. The van der Waals surface area contributed by atoms with Crippen molar-refractivity contribution in [3.63, 3.8) is 0 Å². The third-order valence-electron chi connectivity index (χ3n) is 9.24. The first kappa shape index (κ1) is 28.9. The molecule has 1 aliphatic rings. The number of piperidine rings is 1. The molecule has 1 fully saturated rings. The first-order valence-electron chi connectivity index (χ1n) is 15.0. The lowest BCUT2D eigenvalue weighted by atomic mass is 9.67. The van der Waals surface area contributed by atoms with E-state index in [0.717, 1.165) is 58.3 Å². The highest BCUT2D eigenvalue weighted by Crippen LogP contribution is 2.43. The van der Waals surface area contributed by atoms with Crippen molar-refractivity contribution in [1.82, 2.24) is 9.55 Å². The first-order valence-corrected chi connectivity index (χ1v) is 15.0. The second-order valence-electron chi connectivity index (χ2n) is 13.5. The van der Waals surface area contributed by atoms with Gasteiger partial charge in [-0.1, -0.05) is 97.4 Å². The average molecular weight is 552 g/mol. The minimum Gasteiger partial charge on any atom is -0.465 e. The van der Waals surface area contributed by atoms with Gasteiger partial charge in [0.2, 0.25) is 0 Å². The smallest absolute Gasteiger partial charge is 0.340 e. The van der Waals surface area contributed by atoms with Gasteiger partial charge in [-0.15, -0.1) is 0 Å². The van der Waals surface area contributed by atoms with E-state index in [9.17, 15) is 4.79 Å². The first-order chi connectivity index (χ1) is 19.5. The van der Waals surface area contributed by atoms with Crippen LogP contribution in [0.2, 0.25) is 0 Å². The molecule has 41 heavy (non-hydrogen) atoms. The largest absolute Gasteiger partial charge is 0.465 e. The van der Waals surface area contributed by atoms with Gasteiger partial charge in [0.05, 0.1) is 29.4 Å². The number of fused-ring (bicyclic) bond motifs is 1. The van der Waals surface area contributed by atoms with Crippen LogP contribution in [-0.4, -0.2) is 35.7 Å². The van der Waals surface area contributed by atoms with Crippen LogP contribution in [-0.2, 0) is 10.2 Å². The fourth-order valence-corrected chi connectivity index (χ4v) is 6.92. The number of methoxy groups -OCH3 is 1. The van der Waals surface area contributed by atoms with Gasteiger partial charge in [0, 0.05) is 18.8 Å². The zero-order chi connectivity index (χ0) is 29.5. The summed E-state index contributed by atoms with van der Waals surface area (Å²) in [5.74, 6) is 1.09. The molecular formula is C36H45N3O2. The van der Waals surface area contributed by atoms with Gasteiger partial charge in [-0.25, -0.2) is 9.78 Å². The molecule has 0 amide bonds. The molecule has 1 aliphatic heterocycles. The molecule has 2 unspecified atom stereocenters. The van der Waals surface area contributed by atoms with Crippen molar-refractivity contribution >= 4 is 22.7 Å². The van der Waals surface area contributed by atoms with E-state index < -0.39 is 0 Å². The lowest BCUT2D eigenvalue weighted by Crippen LogP contribution is -2.47. The number of carbonyl (C=O) groups is 1. The minimum atomic E-state index is -0.350. The van der Waals surface area contributed by atoms with E-state index in [1.54, 1.807) is 0 Å². The number of esters is 1. The Hall–Kier alpha value is -3.60. The van der Waals surface area contributed by atoms with E-state index in [2.05, 4.69) is 88.3 Å². The summed E-state index contributed by atoms with van der Waals surface area (Å²) in [7, 11) is 1.46. The van der Waals surface area contributed by atoms with E-state index in [4.69, 9.17) is 9.72 Å². The Kier molecular flexibility index (Phi) is 7.76. The monoisotopic (exact) mass is 551 g/mol. The Morgan fingerprint density at radius 3 is 2.46 bits per heavy atom. The molecule has 1 aromatic heterocycles. The van der Waals surface area contributed by atoms with Crippen LogP contribution in [0.15, 0.2) is 67.0 Å². The highest BCUT2D eigenvalue weighted by Gasteiger charge is 2.38. The number of ether oxygens (including phenoxy) is 1. The van der Waals surface area contributed by atoms with Crippen molar-refractivity contribution in [3.05, 3.63) is 78.1 Å². The van der Waals surface area contributed by atoms with Gasteiger partial charge in [-0.2, -0.15) is 0 Å². The van der Waals surface area contributed by atoms with Gasteiger partial charge >= 0.3 is 5.97 Å². The summed E-state index contributed by atoms with van der Waals surface area (Å²) < 4.78 is 7.52. The summed E-state index contributed by atoms with van der Waals surface area (Å²) in [5, 5.41) is 0. The van der Waals surface area contributed by atoms with E-state index in [1.165, 1.54) is 25.6 Å². The fourth-order valence-electron chi connectivity index (χ4n) is 6.92. The van der Waals surface area contributed by atoms with Gasteiger partial charge in [0.1, 0.15) is 6.33 Å². The molecule has 0 bridgehead atoms. The van der Waals surface area contributed by atoms with E-state index in [0.29, 0.717) is 5.56 Å². The van der Waals surface area contributed by atoms with Crippen molar-refractivity contribution in [2.24, 2.45) is 17.3 Å². The molecule has 5 heteroatoms. The van der Waals surface area contributed by atoms with Crippen LogP contribution >= 0.6 is 0 Å². The van der Waals surface area contributed by atoms with Crippen LogP contribution in [0.5, 0.6) is 0 Å².